The number of halogens is 4. The highest BCUT2D eigenvalue weighted by molar-refractivity contribution is 6.31. The Hall–Kier alpha value is -0.900. The third kappa shape index (κ3) is 4.41. The Morgan fingerprint density at radius 1 is 1.33 bits per heavy atom. The van der Waals surface area contributed by atoms with Crippen LogP contribution in [0.25, 0.3) is 0 Å². The molecule has 0 saturated heterocycles. The summed E-state index contributed by atoms with van der Waals surface area (Å²) < 4.78 is 38.0. The van der Waals surface area contributed by atoms with Gasteiger partial charge in [-0.1, -0.05) is 31.4 Å². The van der Waals surface area contributed by atoms with E-state index < -0.39 is 11.7 Å². The number of hydrogen-bond donors (Lipinski definition) is 1. The van der Waals surface area contributed by atoms with E-state index in [2.05, 4.69) is 12.2 Å². The van der Waals surface area contributed by atoms with Crippen LogP contribution in [0.5, 0.6) is 0 Å². The first-order chi connectivity index (χ1) is 8.34. The van der Waals surface area contributed by atoms with Crippen LogP contribution in [0.15, 0.2) is 18.2 Å². The van der Waals surface area contributed by atoms with Crippen molar-refractivity contribution < 1.29 is 13.2 Å². The molecular weight excluding hydrogens is 263 g/mol. The lowest BCUT2D eigenvalue weighted by molar-refractivity contribution is -0.137. The number of alkyl halides is 3. The topological polar surface area (TPSA) is 12.0 Å². The fraction of sp³-hybridized carbons (Fsp3) is 0.538. The van der Waals surface area contributed by atoms with E-state index in [0.717, 1.165) is 25.3 Å². The Balaban J connectivity index is 2.79. The maximum atomic E-state index is 12.7. The number of hydrogen-bond acceptors (Lipinski definition) is 1. The zero-order chi connectivity index (χ0) is 13.8. The quantitative estimate of drug-likeness (QED) is 0.766. The normalized spacial score (nSPS) is 13.4. The zero-order valence-electron chi connectivity index (χ0n) is 10.4. The first kappa shape index (κ1) is 15.2. The van der Waals surface area contributed by atoms with Gasteiger partial charge in [-0.05, 0) is 31.5 Å². The van der Waals surface area contributed by atoms with Crippen molar-refractivity contribution in [3.8, 4) is 0 Å². The Morgan fingerprint density at radius 2 is 2.00 bits per heavy atom. The van der Waals surface area contributed by atoms with Crippen molar-refractivity contribution in [3.63, 3.8) is 0 Å². The van der Waals surface area contributed by atoms with Gasteiger partial charge < -0.3 is 5.32 Å². The van der Waals surface area contributed by atoms with E-state index in [-0.39, 0.29) is 11.1 Å². The van der Waals surface area contributed by atoms with Crippen LogP contribution in [0.3, 0.4) is 0 Å². The van der Waals surface area contributed by atoms with Crippen molar-refractivity contribution in [2.45, 2.75) is 45.3 Å². The summed E-state index contributed by atoms with van der Waals surface area (Å²) in [6.07, 6.45) is -1.36. The van der Waals surface area contributed by atoms with Gasteiger partial charge in [0, 0.05) is 11.7 Å². The smallest absolute Gasteiger partial charge is 0.383 e. The second-order valence-electron chi connectivity index (χ2n) is 4.38. The summed E-state index contributed by atoms with van der Waals surface area (Å²) in [6.45, 7) is 4.04. The maximum Gasteiger partial charge on any atom is 0.417 e. The van der Waals surface area contributed by atoms with E-state index in [9.17, 15) is 13.2 Å². The molecule has 5 heteroatoms. The number of nitrogens with one attached hydrogen (secondary N) is 1. The SMILES string of the molecule is CCCCC(C)Nc1ccc(Cl)c(C(F)(F)F)c1. The van der Waals surface area contributed by atoms with Gasteiger partial charge in [-0.2, -0.15) is 13.2 Å². The summed E-state index contributed by atoms with van der Waals surface area (Å²) in [5.74, 6) is 0. The van der Waals surface area contributed by atoms with Crippen molar-refractivity contribution in [1.29, 1.82) is 0 Å². The van der Waals surface area contributed by atoms with Crippen molar-refractivity contribution in [3.05, 3.63) is 28.8 Å². The third-order valence-corrected chi connectivity index (χ3v) is 3.01. The molecule has 1 rings (SSSR count). The van der Waals surface area contributed by atoms with Gasteiger partial charge in [-0.3, -0.25) is 0 Å². The summed E-state index contributed by atoms with van der Waals surface area (Å²) in [5, 5.41) is 2.79. The average molecular weight is 280 g/mol. The van der Waals surface area contributed by atoms with Crippen LogP contribution in [0.2, 0.25) is 5.02 Å². The highest BCUT2D eigenvalue weighted by Crippen LogP contribution is 2.36. The van der Waals surface area contributed by atoms with Gasteiger partial charge in [0.15, 0.2) is 0 Å². The minimum atomic E-state index is -4.42. The Kier molecular flexibility index (Phi) is 5.32. The molecule has 0 saturated carbocycles. The fourth-order valence-electron chi connectivity index (χ4n) is 1.70. The molecule has 18 heavy (non-hydrogen) atoms. The maximum absolute atomic E-state index is 12.7. The Morgan fingerprint density at radius 3 is 2.56 bits per heavy atom. The Labute approximate surface area is 110 Å². The lowest BCUT2D eigenvalue weighted by Crippen LogP contribution is -2.15. The van der Waals surface area contributed by atoms with Crippen molar-refractivity contribution in [2.24, 2.45) is 0 Å². The molecular formula is C13H17ClF3N. The van der Waals surface area contributed by atoms with Gasteiger partial charge in [0.25, 0.3) is 0 Å². The van der Waals surface area contributed by atoms with Crippen LogP contribution < -0.4 is 5.32 Å². The molecule has 0 heterocycles. The number of unbranched alkanes of at least 4 members (excludes halogenated alkanes) is 1. The summed E-state index contributed by atoms with van der Waals surface area (Å²) in [4.78, 5) is 0. The molecule has 0 spiro atoms. The molecule has 102 valence electrons. The van der Waals surface area contributed by atoms with Gasteiger partial charge in [-0.15, -0.1) is 0 Å². The van der Waals surface area contributed by atoms with E-state index in [1.165, 1.54) is 6.07 Å². The molecule has 0 fully saturated rings. The molecule has 0 aromatic heterocycles. The second-order valence-corrected chi connectivity index (χ2v) is 4.79. The first-order valence-electron chi connectivity index (χ1n) is 5.98. The van der Waals surface area contributed by atoms with Crippen LogP contribution in [0, 0.1) is 0 Å². The predicted octanol–water partition coefficient (Wildman–Crippen LogP) is 5.35. The van der Waals surface area contributed by atoms with E-state index in [4.69, 9.17) is 11.6 Å². The lowest BCUT2D eigenvalue weighted by atomic mass is 10.1. The monoisotopic (exact) mass is 279 g/mol. The fourth-order valence-corrected chi connectivity index (χ4v) is 1.92. The molecule has 1 aromatic carbocycles. The average Bonchev–Trinajstić information content (AvgIpc) is 2.27. The van der Waals surface area contributed by atoms with Crippen molar-refractivity contribution >= 4 is 17.3 Å². The van der Waals surface area contributed by atoms with E-state index in [0.29, 0.717) is 5.69 Å². The van der Waals surface area contributed by atoms with E-state index >= 15 is 0 Å². The van der Waals surface area contributed by atoms with Crippen molar-refractivity contribution in [1.82, 2.24) is 0 Å². The van der Waals surface area contributed by atoms with Crippen LogP contribution in [-0.4, -0.2) is 6.04 Å². The van der Waals surface area contributed by atoms with Crippen LogP contribution in [0.4, 0.5) is 18.9 Å². The molecule has 0 aliphatic heterocycles. The van der Waals surface area contributed by atoms with Crippen molar-refractivity contribution in [2.75, 3.05) is 5.32 Å². The lowest BCUT2D eigenvalue weighted by Gasteiger charge is -2.17. The molecule has 0 radical (unpaired) electrons. The molecule has 1 aromatic rings. The van der Waals surface area contributed by atoms with Gasteiger partial charge in [0.1, 0.15) is 0 Å². The van der Waals surface area contributed by atoms with Crippen LogP contribution in [-0.2, 0) is 6.18 Å². The number of rotatable bonds is 5. The highest BCUT2D eigenvalue weighted by atomic mass is 35.5. The predicted molar refractivity (Wildman–Crippen MR) is 69.1 cm³/mol. The second kappa shape index (κ2) is 6.32. The van der Waals surface area contributed by atoms with E-state index in [1.807, 2.05) is 6.92 Å². The third-order valence-electron chi connectivity index (χ3n) is 2.68. The molecule has 0 aliphatic rings. The molecule has 1 N–H and O–H groups in total. The zero-order valence-corrected chi connectivity index (χ0v) is 11.2. The first-order valence-corrected chi connectivity index (χ1v) is 6.35. The summed E-state index contributed by atoms with van der Waals surface area (Å²) in [5.41, 5.74) is -0.341. The largest absolute Gasteiger partial charge is 0.417 e. The van der Waals surface area contributed by atoms with Crippen LogP contribution in [0.1, 0.15) is 38.7 Å². The van der Waals surface area contributed by atoms with E-state index in [1.54, 1.807) is 6.07 Å². The molecule has 0 aliphatic carbocycles. The number of anilines is 1. The highest BCUT2D eigenvalue weighted by Gasteiger charge is 2.33. The summed E-state index contributed by atoms with van der Waals surface area (Å²) in [6, 6.07) is 4.05. The molecule has 0 bridgehead atoms. The Bertz CT molecular complexity index is 390. The summed E-state index contributed by atoms with van der Waals surface area (Å²) in [7, 11) is 0. The molecule has 1 atom stereocenters. The van der Waals surface area contributed by atoms with Gasteiger partial charge in [-0.25, -0.2) is 0 Å². The molecule has 1 unspecified atom stereocenters. The van der Waals surface area contributed by atoms with Gasteiger partial charge in [0.2, 0.25) is 0 Å². The van der Waals surface area contributed by atoms with Gasteiger partial charge in [0.05, 0.1) is 10.6 Å². The summed E-state index contributed by atoms with van der Waals surface area (Å²) >= 11 is 5.55. The minimum absolute atomic E-state index is 0.146. The molecule has 0 amide bonds. The number of benzene rings is 1. The van der Waals surface area contributed by atoms with Crippen LogP contribution >= 0.6 is 11.6 Å². The minimum Gasteiger partial charge on any atom is -0.383 e. The standard InChI is InChI=1S/C13H17ClF3N/c1-3-4-5-9(2)18-10-6-7-12(14)11(8-10)13(15,16)17/h6-9,18H,3-5H2,1-2H3. The molecule has 1 nitrogen and oxygen atoms in total. The van der Waals surface area contributed by atoms with Gasteiger partial charge >= 0.3 is 6.18 Å².